The van der Waals surface area contributed by atoms with Crippen LogP contribution in [0, 0.1) is 0 Å². The van der Waals surface area contributed by atoms with Gasteiger partial charge in [0.2, 0.25) is 5.91 Å². The van der Waals surface area contributed by atoms with Crippen molar-refractivity contribution in [2.24, 2.45) is 0 Å². The van der Waals surface area contributed by atoms with E-state index in [2.05, 4.69) is 0 Å². The van der Waals surface area contributed by atoms with Gasteiger partial charge in [0.25, 0.3) is 0 Å². The van der Waals surface area contributed by atoms with E-state index in [0.717, 1.165) is 22.3 Å². The van der Waals surface area contributed by atoms with Crippen molar-refractivity contribution in [2.45, 2.75) is 31.6 Å². The zero-order chi connectivity index (χ0) is 18.1. The van der Waals surface area contributed by atoms with E-state index in [0.29, 0.717) is 19.3 Å². The van der Waals surface area contributed by atoms with Gasteiger partial charge in [-0.25, -0.2) is 5.48 Å². The lowest BCUT2D eigenvalue weighted by atomic mass is 9.90. The van der Waals surface area contributed by atoms with E-state index in [4.69, 9.17) is 10.3 Å². The number of hydrogen-bond acceptors (Lipinski definition) is 4. The first-order valence-electron chi connectivity index (χ1n) is 8.52. The topological polar surface area (TPSA) is 89.8 Å². The van der Waals surface area contributed by atoms with Crippen LogP contribution in [0.2, 0.25) is 0 Å². The first-order valence-corrected chi connectivity index (χ1v) is 8.52. The van der Waals surface area contributed by atoms with Crippen LogP contribution in [0.4, 0.5) is 0 Å². The Labute approximate surface area is 147 Å². The zero-order valence-corrected chi connectivity index (χ0v) is 14.2. The molecule has 2 rings (SSSR count). The van der Waals surface area contributed by atoms with E-state index >= 15 is 0 Å². The number of nitrogens with one attached hydrogen (secondary N) is 1. The highest BCUT2D eigenvalue weighted by molar-refractivity contribution is 5.74. The van der Waals surface area contributed by atoms with E-state index in [-0.39, 0.29) is 25.6 Å². The molecule has 1 amide bonds. The third kappa shape index (κ3) is 5.67. The molecule has 1 unspecified atom stereocenters. The second-order valence-corrected chi connectivity index (χ2v) is 6.08. The van der Waals surface area contributed by atoms with Crippen molar-refractivity contribution in [2.75, 3.05) is 13.2 Å². The summed E-state index contributed by atoms with van der Waals surface area (Å²) >= 11 is 0. The summed E-state index contributed by atoms with van der Waals surface area (Å²) in [5, 5.41) is 26.8. The second-order valence-electron chi connectivity index (χ2n) is 6.08. The zero-order valence-electron chi connectivity index (χ0n) is 14.2. The lowest BCUT2D eigenvalue weighted by molar-refractivity contribution is -0.129. The normalized spacial score (nSPS) is 12.0. The van der Waals surface area contributed by atoms with Crippen molar-refractivity contribution in [1.29, 1.82) is 0 Å². The van der Waals surface area contributed by atoms with Crippen LogP contribution in [0.5, 0.6) is 0 Å². The first-order chi connectivity index (χ1) is 12.2. The Kier molecular flexibility index (Phi) is 7.60. The van der Waals surface area contributed by atoms with Crippen LogP contribution in [-0.4, -0.2) is 34.5 Å². The van der Waals surface area contributed by atoms with Crippen molar-refractivity contribution in [3.63, 3.8) is 0 Å². The molecule has 2 aromatic carbocycles. The number of amides is 1. The SMILES string of the molecule is O=C(CCC(CCO)c1ccc(-c2ccc(CCO)cc2)cc1)NO. The molecule has 1 atom stereocenters. The van der Waals surface area contributed by atoms with Gasteiger partial charge in [0, 0.05) is 19.6 Å². The van der Waals surface area contributed by atoms with Gasteiger partial charge >= 0.3 is 0 Å². The highest BCUT2D eigenvalue weighted by Gasteiger charge is 2.13. The minimum Gasteiger partial charge on any atom is -0.396 e. The molecule has 5 nitrogen and oxygen atoms in total. The van der Waals surface area contributed by atoms with Gasteiger partial charge in [-0.2, -0.15) is 0 Å². The fraction of sp³-hybridized carbons (Fsp3) is 0.350. The molecular formula is C20H25NO4. The number of rotatable bonds is 9. The molecule has 5 heteroatoms. The molecule has 0 fully saturated rings. The number of hydroxylamine groups is 1. The monoisotopic (exact) mass is 343 g/mol. The van der Waals surface area contributed by atoms with Crippen molar-refractivity contribution in [3.05, 3.63) is 59.7 Å². The molecule has 4 N–H and O–H groups in total. The van der Waals surface area contributed by atoms with E-state index < -0.39 is 5.91 Å². The number of carbonyl (C=O) groups excluding carboxylic acids is 1. The van der Waals surface area contributed by atoms with E-state index in [1.165, 1.54) is 0 Å². The number of aliphatic hydroxyl groups excluding tert-OH is 2. The lowest BCUT2D eigenvalue weighted by Crippen LogP contribution is -2.19. The average Bonchev–Trinajstić information content (AvgIpc) is 2.66. The Morgan fingerprint density at radius 2 is 1.48 bits per heavy atom. The summed E-state index contributed by atoms with van der Waals surface area (Å²) in [6, 6.07) is 16.2. The number of aliphatic hydroxyl groups is 2. The van der Waals surface area contributed by atoms with Gasteiger partial charge in [0.15, 0.2) is 0 Å². The molecule has 0 saturated heterocycles. The van der Waals surface area contributed by atoms with Crippen LogP contribution in [0.25, 0.3) is 11.1 Å². The van der Waals surface area contributed by atoms with Crippen LogP contribution in [0.15, 0.2) is 48.5 Å². The van der Waals surface area contributed by atoms with E-state index in [1.54, 1.807) is 5.48 Å². The Morgan fingerprint density at radius 1 is 0.880 bits per heavy atom. The third-order valence-corrected chi connectivity index (χ3v) is 4.39. The summed E-state index contributed by atoms with van der Waals surface area (Å²) in [5.74, 6) is -0.342. The predicted octanol–water partition coefficient (Wildman–Crippen LogP) is 2.64. The van der Waals surface area contributed by atoms with Gasteiger partial charge in [-0.1, -0.05) is 48.5 Å². The molecular weight excluding hydrogens is 318 g/mol. The second kappa shape index (κ2) is 9.93. The molecule has 0 bridgehead atoms. The van der Waals surface area contributed by atoms with Crippen molar-refractivity contribution < 1.29 is 20.2 Å². The van der Waals surface area contributed by atoms with Crippen LogP contribution in [0.3, 0.4) is 0 Å². The molecule has 0 heterocycles. The molecule has 25 heavy (non-hydrogen) atoms. The first kappa shape index (κ1) is 19.1. The lowest BCUT2D eigenvalue weighted by Gasteiger charge is -2.16. The minimum atomic E-state index is -0.414. The van der Waals surface area contributed by atoms with Gasteiger partial charge < -0.3 is 10.2 Å². The minimum absolute atomic E-state index is 0.0550. The van der Waals surface area contributed by atoms with Gasteiger partial charge in [-0.05, 0) is 47.4 Å². The maximum atomic E-state index is 11.2. The summed E-state index contributed by atoms with van der Waals surface area (Å²) in [6.45, 7) is 0.202. The Morgan fingerprint density at radius 3 is 2.00 bits per heavy atom. The number of benzene rings is 2. The summed E-state index contributed by atoms with van der Waals surface area (Å²) in [4.78, 5) is 11.2. The van der Waals surface area contributed by atoms with Gasteiger partial charge in [-0.3, -0.25) is 10.0 Å². The molecule has 0 saturated carbocycles. The van der Waals surface area contributed by atoms with Crippen molar-refractivity contribution >= 4 is 5.91 Å². The summed E-state index contributed by atoms with van der Waals surface area (Å²) < 4.78 is 0. The van der Waals surface area contributed by atoms with E-state index in [1.807, 2.05) is 48.5 Å². The van der Waals surface area contributed by atoms with Crippen molar-refractivity contribution in [1.82, 2.24) is 5.48 Å². The van der Waals surface area contributed by atoms with Crippen LogP contribution in [0.1, 0.15) is 36.3 Å². The Balaban J connectivity index is 2.09. The maximum Gasteiger partial charge on any atom is 0.243 e. The molecule has 2 aromatic rings. The standard InChI is InChI=1S/C20H25NO4/c22-13-11-15-1-3-16(4-2-15)17-5-7-18(8-6-17)19(12-14-23)9-10-20(24)21-25/h1-8,19,22-23,25H,9-14H2,(H,21,24). The third-order valence-electron chi connectivity index (χ3n) is 4.39. The number of hydrogen-bond donors (Lipinski definition) is 4. The highest BCUT2D eigenvalue weighted by Crippen LogP contribution is 2.28. The average molecular weight is 343 g/mol. The van der Waals surface area contributed by atoms with Gasteiger partial charge in [0.1, 0.15) is 0 Å². The van der Waals surface area contributed by atoms with Gasteiger partial charge in [0.05, 0.1) is 0 Å². The Hall–Kier alpha value is -2.21. The molecule has 0 aromatic heterocycles. The molecule has 0 radical (unpaired) electrons. The summed E-state index contributed by atoms with van der Waals surface area (Å²) in [5.41, 5.74) is 6.01. The maximum absolute atomic E-state index is 11.2. The fourth-order valence-corrected chi connectivity index (χ4v) is 2.94. The fourth-order valence-electron chi connectivity index (χ4n) is 2.94. The van der Waals surface area contributed by atoms with Crippen LogP contribution in [-0.2, 0) is 11.2 Å². The molecule has 0 aliphatic rings. The number of carbonyl (C=O) groups is 1. The summed E-state index contributed by atoms with van der Waals surface area (Å²) in [6.07, 6.45) is 2.02. The van der Waals surface area contributed by atoms with Gasteiger partial charge in [-0.15, -0.1) is 0 Å². The molecule has 0 aliphatic heterocycles. The predicted molar refractivity (Wildman–Crippen MR) is 96.3 cm³/mol. The van der Waals surface area contributed by atoms with Crippen LogP contribution < -0.4 is 5.48 Å². The van der Waals surface area contributed by atoms with Crippen molar-refractivity contribution in [3.8, 4) is 11.1 Å². The molecule has 0 spiro atoms. The summed E-state index contributed by atoms with van der Waals surface area (Å²) in [7, 11) is 0. The highest BCUT2D eigenvalue weighted by atomic mass is 16.5. The van der Waals surface area contributed by atoms with E-state index in [9.17, 15) is 9.90 Å². The quantitative estimate of drug-likeness (QED) is 0.416. The smallest absolute Gasteiger partial charge is 0.243 e. The Bertz CT molecular complexity index is 652. The van der Waals surface area contributed by atoms with Crippen LogP contribution >= 0.6 is 0 Å². The molecule has 134 valence electrons. The largest absolute Gasteiger partial charge is 0.396 e. The molecule has 0 aliphatic carbocycles.